The number of fused-ring (bicyclic) bond motifs is 1. The maximum atomic E-state index is 6.05. The molecule has 0 aliphatic carbocycles. The quantitative estimate of drug-likeness (QED) is 0.772. The van der Waals surface area contributed by atoms with Gasteiger partial charge in [0.15, 0.2) is 0 Å². The van der Waals surface area contributed by atoms with Gasteiger partial charge in [0.25, 0.3) is 0 Å². The predicted molar refractivity (Wildman–Crippen MR) is 73.4 cm³/mol. The van der Waals surface area contributed by atoms with E-state index in [4.69, 9.17) is 10.5 Å². The van der Waals surface area contributed by atoms with Crippen molar-refractivity contribution in [2.45, 2.75) is 44.9 Å². The molecule has 0 aromatic heterocycles. The van der Waals surface area contributed by atoms with Gasteiger partial charge < -0.3 is 10.5 Å². The summed E-state index contributed by atoms with van der Waals surface area (Å²) in [6.07, 6.45) is 3.83. The number of benzene rings is 1. The average molecular weight is 246 g/mol. The molecule has 2 atom stereocenters. The van der Waals surface area contributed by atoms with E-state index in [1.165, 1.54) is 17.5 Å². The van der Waals surface area contributed by atoms with Crippen LogP contribution in [0, 0.1) is 0 Å². The van der Waals surface area contributed by atoms with Gasteiger partial charge in [-0.3, -0.25) is 4.90 Å². The van der Waals surface area contributed by atoms with Crippen LogP contribution in [0.1, 0.15) is 30.9 Å². The summed E-state index contributed by atoms with van der Waals surface area (Å²) in [6.45, 7) is 5.28. The van der Waals surface area contributed by atoms with Crippen LogP contribution < -0.4 is 5.73 Å². The Hall–Kier alpha value is -1.06. The molecule has 0 radical (unpaired) electrons. The van der Waals surface area contributed by atoms with Crippen molar-refractivity contribution in [1.82, 2.24) is 4.90 Å². The molecule has 0 spiro atoms. The van der Waals surface area contributed by atoms with Crippen molar-refractivity contribution in [2.24, 2.45) is 0 Å². The fourth-order valence-electron chi connectivity index (χ4n) is 3.28. The third kappa shape index (κ3) is 2.25. The van der Waals surface area contributed by atoms with E-state index in [0.29, 0.717) is 12.1 Å². The molecule has 2 aliphatic heterocycles. The molecule has 1 aromatic carbocycles. The Bertz CT molecular complexity index is 433. The molecule has 18 heavy (non-hydrogen) atoms. The SMILES string of the molecule is CC1CC(N2CCc3c(N)cccc3C2)CCO1. The van der Waals surface area contributed by atoms with Crippen LogP contribution in [0.5, 0.6) is 0 Å². The molecular formula is C15H22N2O. The van der Waals surface area contributed by atoms with Crippen molar-refractivity contribution in [3.05, 3.63) is 29.3 Å². The van der Waals surface area contributed by atoms with Gasteiger partial charge in [0.1, 0.15) is 0 Å². The summed E-state index contributed by atoms with van der Waals surface area (Å²) in [5.41, 5.74) is 9.80. The monoisotopic (exact) mass is 246 g/mol. The second kappa shape index (κ2) is 4.90. The lowest BCUT2D eigenvalue weighted by molar-refractivity contribution is -0.0206. The van der Waals surface area contributed by atoms with Gasteiger partial charge in [-0.05, 0) is 43.4 Å². The largest absolute Gasteiger partial charge is 0.398 e. The van der Waals surface area contributed by atoms with Crippen LogP contribution in [0.4, 0.5) is 5.69 Å². The number of nitrogens with zero attached hydrogens (tertiary/aromatic N) is 1. The molecule has 0 bridgehead atoms. The molecule has 1 fully saturated rings. The zero-order valence-corrected chi connectivity index (χ0v) is 11.1. The maximum absolute atomic E-state index is 6.05. The Labute approximate surface area is 109 Å². The van der Waals surface area contributed by atoms with Crippen LogP contribution in [-0.4, -0.2) is 30.2 Å². The van der Waals surface area contributed by atoms with Crippen LogP contribution in [0.3, 0.4) is 0 Å². The first-order valence-corrected chi connectivity index (χ1v) is 6.96. The number of anilines is 1. The lowest BCUT2D eigenvalue weighted by Crippen LogP contribution is -2.44. The first-order chi connectivity index (χ1) is 8.74. The Balaban J connectivity index is 1.74. The minimum Gasteiger partial charge on any atom is -0.398 e. The number of ether oxygens (including phenoxy) is 1. The molecule has 0 amide bonds. The Morgan fingerprint density at radius 1 is 1.39 bits per heavy atom. The molecule has 1 aromatic rings. The Morgan fingerprint density at radius 3 is 3.11 bits per heavy atom. The van der Waals surface area contributed by atoms with E-state index >= 15 is 0 Å². The lowest BCUT2D eigenvalue weighted by atomic mass is 9.94. The van der Waals surface area contributed by atoms with Gasteiger partial charge in [-0.2, -0.15) is 0 Å². The van der Waals surface area contributed by atoms with Gasteiger partial charge in [0, 0.05) is 31.4 Å². The highest BCUT2D eigenvalue weighted by Crippen LogP contribution is 2.28. The summed E-state index contributed by atoms with van der Waals surface area (Å²) in [5, 5.41) is 0. The van der Waals surface area contributed by atoms with Gasteiger partial charge in [0.05, 0.1) is 6.10 Å². The third-order valence-electron chi connectivity index (χ3n) is 4.31. The number of nitrogens with two attached hydrogens (primary N) is 1. The van der Waals surface area contributed by atoms with Crippen molar-refractivity contribution in [1.29, 1.82) is 0 Å². The van der Waals surface area contributed by atoms with E-state index in [9.17, 15) is 0 Å². The van der Waals surface area contributed by atoms with Crippen LogP contribution in [0.2, 0.25) is 0 Å². The molecular weight excluding hydrogens is 224 g/mol. The standard InChI is InChI=1S/C15H22N2O/c1-11-9-13(6-8-18-11)17-7-5-14-12(10-17)3-2-4-15(14)16/h2-4,11,13H,5-10,16H2,1H3. The first kappa shape index (κ1) is 12.0. The number of rotatable bonds is 1. The van der Waals surface area contributed by atoms with Gasteiger partial charge in [-0.15, -0.1) is 0 Å². The van der Waals surface area contributed by atoms with E-state index in [1.807, 2.05) is 6.07 Å². The van der Waals surface area contributed by atoms with Gasteiger partial charge in [0.2, 0.25) is 0 Å². The van der Waals surface area contributed by atoms with Crippen LogP contribution in [0.25, 0.3) is 0 Å². The zero-order valence-electron chi connectivity index (χ0n) is 11.1. The summed E-state index contributed by atoms with van der Waals surface area (Å²) < 4.78 is 5.64. The number of hydrogen-bond acceptors (Lipinski definition) is 3. The van der Waals surface area contributed by atoms with Crippen LogP contribution in [0.15, 0.2) is 18.2 Å². The molecule has 3 rings (SSSR count). The summed E-state index contributed by atoms with van der Waals surface area (Å²) in [6, 6.07) is 7.00. The lowest BCUT2D eigenvalue weighted by Gasteiger charge is -2.39. The Morgan fingerprint density at radius 2 is 2.28 bits per heavy atom. The molecule has 3 heteroatoms. The normalized spacial score (nSPS) is 28.9. The average Bonchev–Trinajstić information content (AvgIpc) is 2.39. The van der Waals surface area contributed by atoms with E-state index in [-0.39, 0.29) is 0 Å². The highest BCUT2D eigenvalue weighted by molar-refractivity contribution is 5.51. The maximum Gasteiger partial charge on any atom is 0.0561 e. The van der Waals surface area contributed by atoms with E-state index in [2.05, 4.69) is 24.0 Å². The van der Waals surface area contributed by atoms with Crippen molar-refractivity contribution >= 4 is 5.69 Å². The highest BCUT2D eigenvalue weighted by atomic mass is 16.5. The van der Waals surface area contributed by atoms with E-state index < -0.39 is 0 Å². The summed E-state index contributed by atoms with van der Waals surface area (Å²) in [7, 11) is 0. The fourth-order valence-corrected chi connectivity index (χ4v) is 3.28. The van der Waals surface area contributed by atoms with Gasteiger partial charge in [-0.25, -0.2) is 0 Å². The Kier molecular flexibility index (Phi) is 3.27. The second-order valence-electron chi connectivity index (χ2n) is 5.57. The van der Waals surface area contributed by atoms with Crippen molar-refractivity contribution in [2.75, 3.05) is 18.9 Å². The molecule has 98 valence electrons. The molecule has 1 saturated heterocycles. The topological polar surface area (TPSA) is 38.5 Å². The minimum atomic E-state index is 0.408. The number of nitrogen functional groups attached to an aromatic ring is 1. The molecule has 2 N–H and O–H groups in total. The number of hydrogen-bond donors (Lipinski definition) is 1. The van der Waals surface area contributed by atoms with Gasteiger partial charge >= 0.3 is 0 Å². The van der Waals surface area contributed by atoms with E-state index in [1.54, 1.807) is 0 Å². The molecule has 3 nitrogen and oxygen atoms in total. The van der Waals surface area contributed by atoms with Gasteiger partial charge in [-0.1, -0.05) is 12.1 Å². The molecule has 2 heterocycles. The molecule has 0 saturated carbocycles. The smallest absolute Gasteiger partial charge is 0.0561 e. The minimum absolute atomic E-state index is 0.408. The summed E-state index contributed by atoms with van der Waals surface area (Å²) in [4.78, 5) is 2.61. The predicted octanol–water partition coefficient (Wildman–Crippen LogP) is 2.19. The highest BCUT2D eigenvalue weighted by Gasteiger charge is 2.28. The molecule has 2 unspecified atom stereocenters. The first-order valence-electron chi connectivity index (χ1n) is 6.96. The summed E-state index contributed by atoms with van der Waals surface area (Å²) in [5.74, 6) is 0. The van der Waals surface area contributed by atoms with Crippen LogP contribution >= 0.6 is 0 Å². The van der Waals surface area contributed by atoms with Crippen LogP contribution in [-0.2, 0) is 17.7 Å². The summed E-state index contributed by atoms with van der Waals surface area (Å²) >= 11 is 0. The van der Waals surface area contributed by atoms with Crippen molar-refractivity contribution in [3.8, 4) is 0 Å². The molecule has 2 aliphatic rings. The fraction of sp³-hybridized carbons (Fsp3) is 0.600. The zero-order chi connectivity index (χ0) is 12.5. The van der Waals surface area contributed by atoms with E-state index in [0.717, 1.165) is 38.2 Å². The van der Waals surface area contributed by atoms with Crippen molar-refractivity contribution < 1.29 is 4.74 Å². The second-order valence-corrected chi connectivity index (χ2v) is 5.57. The van der Waals surface area contributed by atoms with Crippen molar-refractivity contribution in [3.63, 3.8) is 0 Å². The third-order valence-corrected chi connectivity index (χ3v) is 4.31.